The normalized spacial score (nSPS) is 16.4. The lowest BCUT2D eigenvalue weighted by Crippen LogP contribution is -2.51. The number of carbonyl (C=O) groups is 1. The molecule has 0 bridgehead atoms. The summed E-state index contributed by atoms with van der Waals surface area (Å²) in [6.45, 7) is -0.512. The van der Waals surface area contributed by atoms with Gasteiger partial charge in [-0.15, -0.1) is 0 Å². The minimum atomic E-state index is -3.99. The number of halogens is 9. The summed E-state index contributed by atoms with van der Waals surface area (Å²) in [6.07, 6.45) is -6.15. The maximum atomic E-state index is 14.7. The summed E-state index contributed by atoms with van der Waals surface area (Å²) in [4.78, 5) is 22.6. The number of benzene rings is 3. The zero-order valence-electron chi connectivity index (χ0n) is 32.5. The Morgan fingerprint density at radius 2 is 1.60 bits per heavy atom. The Balaban J connectivity index is 1.29. The summed E-state index contributed by atoms with van der Waals surface area (Å²) in [7, 11) is -3.99. The largest absolute Gasteiger partial charge is 0.371 e. The molecule has 2 aliphatic heterocycles. The van der Waals surface area contributed by atoms with Crippen LogP contribution in [-0.2, 0) is 40.9 Å². The number of hydrogen-bond acceptors (Lipinski definition) is 8. The Morgan fingerprint density at radius 1 is 0.871 bits per heavy atom. The Hall–Kier alpha value is -5.44. The lowest BCUT2D eigenvalue weighted by atomic mass is 10.00. The average Bonchev–Trinajstić information content (AvgIpc) is 3.91. The smallest absolute Gasteiger partial charge is 0.282 e. The van der Waals surface area contributed by atoms with Crippen molar-refractivity contribution in [3.8, 4) is 0 Å². The number of aliphatic imine (C=N–C) groups is 1. The highest BCUT2D eigenvalue weighted by Gasteiger charge is 2.38. The van der Waals surface area contributed by atoms with E-state index in [1.807, 2.05) is 18.2 Å². The minimum absolute atomic E-state index is 0.0106. The van der Waals surface area contributed by atoms with Gasteiger partial charge in [0.05, 0.1) is 45.1 Å². The van der Waals surface area contributed by atoms with Crippen LogP contribution in [0.4, 0.5) is 58.0 Å². The van der Waals surface area contributed by atoms with Crippen LogP contribution in [0.15, 0.2) is 59.6 Å². The van der Waals surface area contributed by atoms with Crippen molar-refractivity contribution in [1.29, 1.82) is 0 Å². The number of sulfonamides is 1. The van der Waals surface area contributed by atoms with Gasteiger partial charge in [0, 0.05) is 31.3 Å². The summed E-state index contributed by atoms with van der Waals surface area (Å²) >= 11 is 6.69. The molecule has 2 fully saturated rings. The predicted molar refractivity (Wildman–Crippen MR) is 216 cm³/mol. The number of nitrogens with one attached hydrogen (secondary N) is 2. The van der Waals surface area contributed by atoms with Gasteiger partial charge < -0.3 is 15.1 Å². The highest BCUT2D eigenvalue weighted by molar-refractivity contribution is 7.93. The molecule has 3 aromatic carbocycles. The van der Waals surface area contributed by atoms with E-state index in [0.29, 0.717) is 40.9 Å². The summed E-state index contributed by atoms with van der Waals surface area (Å²) in [5.74, 6) is -3.29. The summed E-state index contributed by atoms with van der Waals surface area (Å²) in [5.41, 5.74) is -0.0137. The number of fused-ring (bicyclic) bond motifs is 2. The van der Waals surface area contributed by atoms with Crippen LogP contribution in [0.5, 0.6) is 0 Å². The lowest BCUT2D eigenvalue weighted by molar-refractivity contribution is -0.122. The van der Waals surface area contributed by atoms with Crippen molar-refractivity contribution in [2.24, 2.45) is 4.99 Å². The van der Waals surface area contributed by atoms with Gasteiger partial charge >= 0.3 is 0 Å². The average molecular weight is 912 g/mol. The van der Waals surface area contributed by atoms with Gasteiger partial charge in [-0.3, -0.25) is 18.9 Å². The van der Waals surface area contributed by atoms with Crippen molar-refractivity contribution in [3.05, 3.63) is 93.8 Å². The van der Waals surface area contributed by atoms with E-state index in [-0.39, 0.29) is 51.8 Å². The number of carbonyl (C=O) groups excluding carboxylic acids is 1. The van der Waals surface area contributed by atoms with E-state index in [1.54, 1.807) is 0 Å². The van der Waals surface area contributed by atoms with Crippen LogP contribution < -0.4 is 19.8 Å². The van der Waals surface area contributed by atoms with Gasteiger partial charge in [-0.2, -0.15) is 10.2 Å². The van der Waals surface area contributed by atoms with E-state index >= 15 is 0 Å². The molecule has 0 unspecified atom stereocenters. The number of amidine groups is 1. The molecule has 1 amide bonds. The molecule has 2 aromatic heterocycles. The molecular formula is C40H38ClF8N9O3S. The molecule has 1 saturated heterocycles. The zero-order chi connectivity index (χ0) is 44.0. The molecule has 1 atom stereocenters. The Morgan fingerprint density at radius 3 is 2.26 bits per heavy atom. The molecular weight excluding hydrogens is 874 g/mol. The van der Waals surface area contributed by atoms with Gasteiger partial charge in [-0.1, -0.05) is 17.7 Å². The molecule has 1 aliphatic carbocycles. The predicted octanol–water partition coefficient (Wildman–Crippen LogP) is 8.68. The first-order chi connectivity index (χ1) is 29.5. The van der Waals surface area contributed by atoms with Crippen LogP contribution in [0.3, 0.4) is 0 Å². The lowest BCUT2D eigenvalue weighted by Gasteiger charge is -2.36. The molecule has 1 saturated carbocycles. The fourth-order valence-corrected chi connectivity index (χ4v) is 9.45. The summed E-state index contributed by atoms with van der Waals surface area (Å²) < 4.78 is 143. The standard InChI is InChI=1S/C40H38ClF8N9O3S/c41-27-8-9-31(36-35(27)39(53-58(36)19-33(44)45)54-62(60,61)26-6-7-26)56-18-22-4-5-25(55-10-2-1-3-11-55)16-28(22)51-40(56)30(14-21-12-23(42)15-24(43)13-21)50-34(59)20-57-32(38(48)49)17-29(52-57)37(46)47/h4-5,8-9,12-13,15-17,26,30,33,37-38H,1-3,6-7,10-11,14,18-20H2,(H,50,59)(H,53,54)/t30-/m0/s1. The number of aromatic nitrogens is 4. The second-order valence-corrected chi connectivity index (χ2v) is 17.7. The minimum Gasteiger partial charge on any atom is -0.371 e. The second kappa shape index (κ2) is 17.4. The van der Waals surface area contributed by atoms with Crippen LogP contribution in [0.2, 0.25) is 5.02 Å². The van der Waals surface area contributed by atoms with Gasteiger partial charge in [-0.05, 0) is 85.7 Å². The number of hydrogen-bond donors (Lipinski definition) is 2. The van der Waals surface area contributed by atoms with Gasteiger partial charge in [-0.25, -0.2) is 48.5 Å². The Bertz CT molecular complexity index is 2630. The maximum absolute atomic E-state index is 14.7. The molecule has 62 heavy (non-hydrogen) atoms. The number of anilines is 3. The number of alkyl halides is 6. The van der Waals surface area contributed by atoms with E-state index in [0.717, 1.165) is 54.9 Å². The molecule has 3 aliphatic rings. The van der Waals surface area contributed by atoms with Crippen LogP contribution in [0, 0.1) is 11.6 Å². The molecule has 2 N–H and O–H groups in total. The highest BCUT2D eigenvalue weighted by atomic mass is 35.5. The van der Waals surface area contributed by atoms with Crippen molar-refractivity contribution in [1.82, 2.24) is 24.9 Å². The number of piperidine rings is 1. The van der Waals surface area contributed by atoms with E-state index < -0.39 is 82.6 Å². The van der Waals surface area contributed by atoms with Crippen molar-refractivity contribution in [2.45, 2.75) is 88.7 Å². The molecule has 5 aromatic rings. The number of nitrogens with zero attached hydrogens (tertiary/aromatic N) is 7. The quantitative estimate of drug-likeness (QED) is 0.101. The SMILES string of the molecule is O=C(Cn1nc(C(F)F)cc1C(F)F)N[C@@H](Cc1cc(F)cc(F)c1)C1=Nc2cc(N3CCCCC3)ccc2CN1c1ccc(Cl)c2c(NS(=O)(=O)C3CC3)nn(CC(F)F)c12. The van der Waals surface area contributed by atoms with Crippen molar-refractivity contribution >= 4 is 67.1 Å². The molecule has 330 valence electrons. The third-order valence-corrected chi connectivity index (χ3v) is 13.0. The first kappa shape index (κ1) is 43.2. The summed E-state index contributed by atoms with van der Waals surface area (Å²) in [6, 6.07) is 10.1. The Kier molecular flexibility index (Phi) is 12.1. The van der Waals surface area contributed by atoms with E-state index in [9.17, 15) is 48.3 Å². The molecule has 8 rings (SSSR count). The number of amides is 1. The fourth-order valence-electron chi connectivity index (χ4n) is 7.87. The van der Waals surface area contributed by atoms with E-state index in [1.165, 1.54) is 17.0 Å². The van der Waals surface area contributed by atoms with Gasteiger partial charge in [0.25, 0.3) is 19.3 Å². The highest BCUT2D eigenvalue weighted by Crippen LogP contribution is 2.42. The van der Waals surface area contributed by atoms with E-state index in [4.69, 9.17) is 16.6 Å². The second-order valence-electron chi connectivity index (χ2n) is 15.3. The Labute approximate surface area is 354 Å². The van der Waals surface area contributed by atoms with Gasteiger partial charge in [0.2, 0.25) is 15.9 Å². The third kappa shape index (κ3) is 9.18. The van der Waals surface area contributed by atoms with Crippen LogP contribution in [-0.4, -0.2) is 70.5 Å². The summed E-state index contributed by atoms with van der Waals surface area (Å²) in [5, 5.41) is 9.65. The molecule has 0 radical (unpaired) electrons. The topological polar surface area (TPSA) is 130 Å². The third-order valence-electron chi connectivity index (χ3n) is 10.8. The fraction of sp³-hybridized carbons (Fsp3) is 0.400. The maximum Gasteiger partial charge on any atom is 0.282 e. The molecule has 12 nitrogen and oxygen atoms in total. The first-order valence-corrected chi connectivity index (χ1v) is 21.6. The van der Waals surface area contributed by atoms with E-state index in [2.05, 4.69) is 25.1 Å². The molecule has 22 heteroatoms. The van der Waals surface area contributed by atoms with Crippen molar-refractivity contribution < 1.29 is 48.3 Å². The zero-order valence-corrected chi connectivity index (χ0v) is 34.1. The van der Waals surface area contributed by atoms with Crippen molar-refractivity contribution in [3.63, 3.8) is 0 Å². The first-order valence-electron chi connectivity index (χ1n) is 19.7. The number of rotatable bonds is 15. The van der Waals surface area contributed by atoms with Crippen LogP contribution in [0.25, 0.3) is 10.9 Å². The monoisotopic (exact) mass is 911 g/mol. The van der Waals surface area contributed by atoms with Crippen molar-refractivity contribution in [2.75, 3.05) is 27.6 Å². The van der Waals surface area contributed by atoms with Gasteiger partial charge in [0.1, 0.15) is 41.9 Å². The van der Waals surface area contributed by atoms with Gasteiger partial charge in [0.15, 0.2) is 5.82 Å². The molecule has 0 spiro atoms. The van der Waals surface area contributed by atoms with Crippen LogP contribution >= 0.6 is 11.6 Å². The molecule has 4 heterocycles. The van der Waals surface area contributed by atoms with Crippen LogP contribution in [0.1, 0.15) is 67.5 Å².